The number of carbonyl (C=O) groups is 1. The van der Waals surface area contributed by atoms with Crippen molar-refractivity contribution < 1.29 is 9.53 Å². The van der Waals surface area contributed by atoms with Gasteiger partial charge in [0.05, 0.1) is 5.60 Å². The number of hydrogen-bond acceptors (Lipinski definition) is 2. The molecule has 0 atom stereocenters. The molecule has 0 rings (SSSR count). The summed E-state index contributed by atoms with van der Waals surface area (Å²) in [6, 6.07) is 0. The van der Waals surface area contributed by atoms with Crippen LogP contribution in [-0.4, -0.2) is 24.7 Å². The highest BCUT2D eigenvalue weighted by atomic mass is 16.5. The SMILES string of the molecule is CCOC(C)(C)CCC(=O)NCCC(C)(C)C. The molecule has 1 amide bonds. The number of ether oxygens (including phenoxy) is 1. The quantitative estimate of drug-likeness (QED) is 0.746. The third-order valence-electron chi connectivity index (χ3n) is 2.69. The average molecular weight is 243 g/mol. The van der Waals surface area contributed by atoms with Crippen LogP contribution in [0.5, 0.6) is 0 Å². The molecule has 0 aromatic rings. The van der Waals surface area contributed by atoms with Gasteiger partial charge >= 0.3 is 0 Å². The first-order chi connectivity index (χ1) is 7.66. The molecule has 0 aromatic heterocycles. The molecule has 0 fully saturated rings. The van der Waals surface area contributed by atoms with E-state index in [2.05, 4.69) is 26.1 Å². The van der Waals surface area contributed by atoms with E-state index in [1.807, 2.05) is 20.8 Å². The third kappa shape index (κ3) is 10.3. The maximum atomic E-state index is 11.6. The van der Waals surface area contributed by atoms with Gasteiger partial charge < -0.3 is 10.1 Å². The van der Waals surface area contributed by atoms with Crippen molar-refractivity contribution in [1.82, 2.24) is 5.32 Å². The molecule has 3 nitrogen and oxygen atoms in total. The maximum absolute atomic E-state index is 11.6. The van der Waals surface area contributed by atoms with Gasteiger partial charge in [-0.3, -0.25) is 4.79 Å². The Labute approximate surface area is 106 Å². The smallest absolute Gasteiger partial charge is 0.220 e. The fraction of sp³-hybridized carbons (Fsp3) is 0.929. The number of nitrogens with one attached hydrogen (secondary N) is 1. The molecule has 0 aliphatic carbocycles. The van der Waals surface area contributed by atoms with Gasteiger partial charge in [-0.1, -0.05) is 20.8 Å². The minimum Gasteiger partial charge on any atom is -0.376 e. The molecule has 0 aromatic carbocycles. The van der Waals surface area contributed by atoms with Crippen LogP contribution < -0.4 is 5.32 Å². The number of hydrogen-bond donors (Lipinski definition) is 1. The van der Waals surface area contributed by atoms with Gasteiger partial charge in [0.2, 0.25) is 5.91 Å². The van der Waals surface area contributed by atoms with Gasteiger partial charge in [0.25, 0.3) is 0 Å². The van der Waals surface area contributed by atoms with E-state index >= 15 is 0 Å². The monoisotopic (exact) mass is 243 g/mol. The van der Waals surface area contributed by atoms with Crippen LogP contribution in [0.2, 0.25) is 0 Å². The Hall–Kier alpha value is -0.570. The second-order valence-electron chi connectivity index (χ2n) is 6.35. The zero-order chi connectivity index (χ0) is 13.5. The van der Waals surface area contributed by atoms with Crippen LogP contribution in [0.1, 0.15) is 60.8 Å². The van der Waals surface area contributed by atoms with Crippen molar-refractivity contribution in [2.45, 2.75) is 66.4 Å². The van der Waals surface area contributed by atoms with Gasteiger partial charge in [0, 0.05) is 19.6 Å². The predicted octanol–water partition coefficient (Wildman–Crippen LogP) is 3.13. The molecule has 0 heterocycles. The van der Waals surface area contributed by atoms with E-state index < -0.39 is 0 Å². The Morgan fingerprint density at radius 1 is 1.12 bits per heavy atom. The zero-order valence-corrected chi connectivity index (χ0v) is 12.4. The second kappa shape index (κ2) is 7.00. The fourth-order valence-electron chi connectivity index (χ4n) is 1.54. The molecule has 3 heteroatoms. The van der Waals surface area contributed by atoms with Crippen LogP contribution in [0, 0.1) is 5.41 Å². The average Bonchev–Trinajstić information content (AvgIpc) is 2.13. The number of carbonyl (C=O) groups excluding carboxylic acids is 1. The lowest BCUT2D eigenvalue weighted by molar-refractivity contribution is -0.122. The van der Waals surface area contributed by atoms with Gasteiger partial charge in [0.15, 0.2) is 0 Å². The summed E-state index contributed by atoms with van der Waals surface area (Å²) in [5, 5.41) is 2.96. The summed E-state index contributed by atoms with van der Waals surface area (Å²) >= 11 is 0. The summed E-state index contributed by atoms with van der Waals surface area (Å²) in [6.07, 6.45) is 2.31. The van der Waals surface area contributed by atoms with Gasteiger partial charge in [-0.2, -0.15) is 0 Å². The molecule has 1 N–H and O–H groups in total. The van der Waals surface area contributed by atoms with E-state index in [0.29, 0.717) is 13.0 Å². The summed E-state index contributed by atoms with van der Waals surface area (Å²) < 4.78 is 5.56. The van der Waals surface area contributed by atoms with Crippen molar-refractivity contribution in [3.63, 3.8) is 0 Å². The first-order valence-electron chi connectivity index (χ1n) is 6.57. The van der Waals surface area contributed by atoms with E-state index in [-0.39, 0.29) is 16.9 Å². The van der Waals surface area contributed by atoms with Crippen molar-refractivity contribution in [3.05, 3.63) is 0 Å². The zero-order valence-electron chi connectivity index (χ0n) is 12.4. The number of rotatable bonds is 7. The second-order valence-corrected chi connectivity index (χ2v) is 6.35. The van der Waals surface area contributed by atoms with Crippen LogP contribution in [-0.2, 0) is 9.53 Å². The lowest BCUT2D eigenvalue weighted by Crippen LogP contribution is -2.31. The lowest BCUT2D eigenvalue weighted by atomic mass is 9.92. The fourth-order valence-corrected chi connectivity index (χ4v) is 1.54. The van der Waals surface area contributed by atoms with Crippen LogP contribution in [0.3, 0.4) is 0 Å². The topological polar surface area (TPSA) is 38.3 Å². The largest absolute Gasteiger partial charge is 0.376 e. The Kier molecular flexibility index (Phi) is 6.76. The van der Waals surface area contributed by atoms with Crippen LogP contribution in [0.4, 0.5) is 0 Å². The molecule has 102 valence electrons. The molecular weight excluding hydrogens is 214 g/mol. The predicted molar refractivity (Wildman–Crippen MR) is 72.0 cm³/mol. The molecule has 0 aliphatic rings. The van der Waals surface area contributed by atoms with Crippen molar-refractivity contribution in [2.75, 3.05) is 13.2 Å². The minimum absolute atomic E-state index is 0.127. The van der Waals surface area contributed by atoms with Gasteiger partial charge in [0.1, 0.15) is 0 Å². The highest BCUT2D eigenvalue weighted by molar-refractivity contribution is 5.75. The molecule has 0 saturated carbocycles. The molecule has 0 radical (unpaired) electrons. The highest BCUT2D eigenvalue weighted by Gasteiger charge is 2.19. The van der Waals surface area contributed by atoms with E-state index in [4.69, 9.17) is 4.74 Å². The highest BCUT2D eigenvalue weighted by Crippen LogP contribution is 2.18. The third-order valence-corrected chi connectivity index (χ3v) is 2.69. The van der Waals surface area contributed by atoms with Crippen LogP contribution in [0.15, 0.2) is 0 Å². The first kappa shape index (κ1) is 16.4. The van der Waals surface area contributed by atoms with E-state index in [1.165, 1.54) is 0 Å². The molecular formula is C14H29NO2. The van der Waals surface area contributed by atoms with Crippen molar-refractivity contribution >= 4 is 5.91 Å². The summed E-state index contributed by atoms with van der Waals surface area (Å²) in [6.45, 7) is 14.0. The molecule has 0 unspecified atom stereocenters. The lowest BCUT2D eigenvalue weighted by Gasteiger charge is -2.24. The Morgan fingerprint density at radius 2 is 1.71 bits per heavy atom. The van der Waals surface area contributed by atoms with Crippen molar-refractivity contribution in [1.29, 1.82) is 0 Å². The Balaban J connectivity index is 3.73. The van der Waals surface area contributed by atoms with Gasteiger partial charge in [-0.05, 0) is 39.0 Å². The van der Waals surface area contributed by atoms with Crippen molar-refractivity contribution in [2.24, 2.45) is 5.41 Å². The first-order valence-corrected chi connectivity index (χ1v) is 6.57. The molecule has 0 spiro atoms. The van der Waals surface area contributed by atoms with E-state index in [9.17, 15) is 4.79 Å². The van der Waals surface area contributed by atoms with Crippen LogP contribution in [0.25, 0.3) is 0 Å². The molecule has 0 saturated heterocycles. The van der Waals surface area contributed by atoms with Crippen molar-refractivity contribution in [3.8, 4) is 0 Å². The van der Waals surface area contributed by atoms with E-state index in [1.54, 1.807) is 0 Å². The van der Waals surface area contributed by atoms with Crippen LogP contribution >= 0.6 is 0 Å². The molecule has 0 aliphatic heterocycles. The summed E-state index contributed by atoms with van der Waals surface area (Å²) in [5.41, 5.74) is 0.0774. The summed E-state index contributed by atoms with van der Waals surface area (Å²) in [5.74, 6) is 0.127. The standard InChI is InChI=1S/C14H29NO2/c1-7-17-14(5,6)9-8-12(16)15-11-10-13(2,3)4/h7-11H2,1-6H3,(H,15,16). The summed E-state index contributed by atoms with van der Waals surface area (Å²) in [4.78, 5) is 11.6. The minimum atomic E-state index is -0.198. The molecule has 17 heavy (non-hydrogen) atoms. The maximum Gasteiger partial charge on any atom is 0.220 e. The van der Waals surface area contributed by atoms with Gasteiger partial charge in [-0.25, -0.2) is 0 Å². The van der Waals surface area contributed by atoms with Gasteiger partial charge in [-0.15, -0.1) is 0 Å². The number of amides is 1. The normalized spacial score (nSPS) is 12.6. The summed E-state index contributed by atoms with van der Waals surface area (Å²) in [7, 11) is 0. The van der Waals surface area contributed by atoms with E-state index in [0.717, 1.165) is 19.4 Å². The Bertz CT molecular complexity index is 229. The Morgan fingerprint density at radius 3 is 2.18 bits per heavy atom. The molecule has 0 bridgehead atoms.